The fourth-order valence-corrected chi connectivity index (χ4v) is 3.96. The van der Waals surface area contributed by atoms with Crippen LogP contribution in [0.25, 0.3) is 0 Å². The largest absolute Gasteiger partial charge is 0.272 e. The second-order valence-corrected chi connectivity index (χ2v) is 8.45. The van der Waals surface area contributed by atoms with Crippen molar-refractivity contribution in [3.8, 4) is 0 Å². The maximum absolute atomic E-state index is 12.5. The predicted molar refractivity (Wildman–Crippen MR) is 100 cm³/mol. The molecule has 0 aromatic heterocycles. The van der Waals surface area contributed by atoms with Gasteiger partial charge >= 0.3 is 0 Å². The van der Waals surface area contributed by atoms with Crippen LogP contribution >= 0.6 is 0 Å². The Bertz CT molecular complexity index is 923. The van der Waals surface area contributed by atoms with Gasteiger partial charge in [0.15, 0.2) is 0 Å². The molecule has 1 aliphatic carbocycles. The summed E-state index contributed by atoms with van der Waals surface area (Å²) in [5.41, 5.74) is 6.72. The third-order valence-corrected chi connectivity index (χ3v) is 6.16. The summed E-state index contributed by atoms with van der Waals surface area (Å²) in [5.74, 6) is -0.466. The molecule has 0 saturated carbocycles. The van der Waals surface area contributed by atoms with Gasteiger partial charge in [-0.2, -0.15) is 9.41 Å². The highest BCUT2D eigenvalue weighted by molar-refractivity contribution is 7.89. The van der Waals surface area contributed by atoms with Gasteiger partial charge in [0.2, 0.25) is 10.0 Å². The normalized spacial score (nSPS) is 13.6. The monoisotopic (exact) mass is 371 g/mol. The van der Waals surface area contributed by atoms with Crippen molar-refractivity contribution in [2.45, 2.75) is 24.7 Å². The first kappa shape index (κ1) is 18.3. The number of benzene rings is 2. The summed E-state index contributed by atoms with van der Waals surface area (Å²) in [6.45, 7) is 1.59. The summed E-state index contributed by atoms with van der Waals surface area (Å²) in [4.78, 5) is 12.3. The van der Waals surface area contributed by atoms with Crippen molar-refractivity contribution in [3.63, 3.8) is 0 Å². The lowest BCUT2D eigenvalue weighted by Gasteiger charge is -2.16. The molecule has 0 bridgehead atoms. The average Bonchev–Trinajstić information content (AvgIpc) is 3.03. The highest BCUT2D eigenvalue weighted by Gasteiger charge is 2.23. The van der Waals surface area contributed by atoms with Crippen molar-refractivity contribution < 1.29 is 13.2 Å². The number of sulfonamides is 1. The minimum Gasteiger partial charge on any atom is -0.272 e. The highest BCUT2D eigenvalue weighted by Crippen LogP contribution is 2.19. The average molecular weight is 371 g/mol. The number of carbonyl (C=O) groups is 1. The first-order valence-corrected chi connectivity index (χ1v) is 9.74. The topological polar surface area (TPSA) is 78.8 Å². The van der Waals surface area contributed by atoms with E-state index in [1.54, 1.807) is 12.1 Å². The molecule has 0 saturated heterocycles. The van der Waals surface area contributed by atoms with Crippen molar-refractivity contribution >= 4 is 21.6 Å². The molecule has 1 N–H and O–H groups in total. The molecule has 0 radical (unpaired) electrons. The number of hydrazone groups is 1. The van der Waals surface area contributed by atoms with Crippen LogP contribution in [0.4, 0.5) is 0 Å². The van der Waals surface area contributed by atoms with Crippen LogP contribution in [0.3, 0.4) is 0 Å². The van der Waals surface area contributed by atoms with Crippen LogP contribution in [-0.4, -0.2) is 37.9 Å². The van der Waals surface area contributed by atoms with Crippen LogP contribution in [0.5, 0.6) is 0 Å². The molecule has 0 heterocycles. The molecule has 1 amide bonds. The highest BCUT2D eigenvalue weighted by atomic mass is 32.2. The Morgan fingerprint density at radius 3 is 2.23 bits per heavy atom. The van der Waals surface area contributed by atoms with Crippen LogP contribution in [-0.2, 0) is 27.7 Å². The zero-order chi connectivity index (χ0) is 18.7. The van der Waals surface area contributed by atoms with Gasteiger partial charge in [-0.3, -0.25) is 4.79 Å². The van der Waals surface area contributed by atoms with E-state index in [2.05, 4.69) is 10.5 Å². The molecule has 7 heteroatoms. The lowest BCUT2D eigenvalue weighted by atomic mass is 10.1. The van der Waals surface area contributed by atoms with E-state index < -0.39 is 15.9 Å². The minimum absolute atomic E-state index is 0.163. The van der Waals surface area contributed by atoms with Gasteiger partial charge < -0.3 is 0 Å². The van der Waals surface area contributed by atoms with Crippen molar-refractivity contribution in [1.82, 2.24) is 9.73 Å². The summed E-state index contributed by atoms with van der Waals surface area (Å²) in [6, 6.07) is 14.6. The Balaban J connectivity index is 1.60. The fourth-order valence-electron chi connectivity index (χ4n) is 2.84. The molecule has 0 fully saturated rings. The van der Waals surface area contributed by atoms with E-state index >= 15 is 0 Å². The van der Waals surface area contributed by atoms with Gasteiger partial charge in [-0.15, -0.1) is 0 Å². The molecule has 0 aliphatic heterocycles. The summed E-state index contributed by atoms with van der Waals surface area (Å²) < 4.78 is 26.0. The molecule has 0 spiro atoms. The molecule has 0 unspecified atom stereocenters. The molecule has 0 atom stereocenters. The molecule has 2 aromatic carbocycles. The van der Waals surface area contributed by atoms with E-state index in [-0.39, 0.29) is 11.4 Å². The van der Waals surface area contributed by atoms with Gasteiger partial charge in [-0.05, 0) is 30.2 Å². The van der Waals surface area contributed by atoms with E-state index in [1.807, 2.05) is 31.2 Å². The molecular weight excluding hydrogens is 350 g/mol. The Hall–Kier alpha value is -2.51. The first-order chi connectivity index (χ1) is 12.4. The summed E-state index contributed by atoms with van der Waals surface area (Å²) >= 11 is 0. The number of hydrogen-bond acceptors (Lipinski definition) is 4. The SMILES string of the molecule is Cc1ccc(S(=O)(=O)N(C)CC(=O)NN=C2Cc3ccccc3C2)cc1. The fraction of sp³-hybridized carbons (Fsp3) is 0.263. The van der Waals surface area contributed by atoms with Crippen LogP contribution in [0.1, 0.15) is 16.7 Å². The van der Waals surface area contributed by atoms with Crippen LogP contribution in [0.2, 0.25) is 0 Å². The van der Waals surface area contributed by atoms with Gasteiger partial charge in [0.25, 0.3) is 5.91 Å². The number of likely N-dealkylation sites (N-methyl/N-ethyl adjacent to an activating group) is 1. The lowest BCUT2D eigenvalue weighted by Crippen LogP contribution is -2.37. The van der Waals surface area contributed by atoms with Crippen LogP contribution < -0.4 is 5.43 Å². The molecule has 2 aromatic rings. The number of hydrogen-bond donors (Lipinski definition) is 1. The number of nitrogens with one attached hydrogen (secondary N) is 1. The number of carbonyl (C=O) groups excluding carboxylic acids is 1. The Morgan fingerprint density at radius 2 is 1.65 bits per heavy atom. The van der Waals surface area contributed by atoms with Gasteiger partial charge in [0, 0.05) is 25.6 Å². The van der Waals surface area contributed by atoms with Crippen molar-refractivity contribution in [1.29, 1.82) is 0 Å². The van der Waals surface area contributed by atoms with E-state index in [0.29, 0.717) is 12.8 Å². The van der Waals surface area contributed by atoms with Crippen molar-refractivity contribution in [2.75, 3.05) is 13.6 Å². The van der Waals surface area contributed by atoms with Gasteiger partial charge in [-0.25, -0.2) is 13.8 Å². The summed E-state index contributed by atoms with van der Waals surface area (Å²) in [7, 11) is -2.33. The summed E-state index contributed by atoms with van der Waals surface area (Å²) in [5, 5.41) is 4.15. The zero-order valence-corrected chi connectivity index (χ0v) is 15.6. The first-order valence-electron chi connectivity index (χ1n) is 8.30. The van der Waals surface area contributed by atoms with Crippen molar-refractivity contribution in [3.05, 3.63) is 65.2 Å². The Kier molecular flexibility index (Phi) is 5.20. The minimum atomic E-state index is -3.71. The number of amides is 1. The zero-order valence-electron chi connectivity index (χ0n) is 14.8. The predicted octanol–water partition coefficient (Wildman–Crippen LogP) is 1.89. The standard InChI is InChI=1S/C19H21N3O3S/c1-14-7-9-18(10-8-14)26(24,25)22(2)13-19(23)21-20-17-11-15-5-3-4-6-16(15)12-17/h3-10H,11-13H2,1-2H3,(H,21,23). The van der Waals surface area contributed by atoms with Gasteiger partial charge in [-0.1, -0.05) is 42.0 Å². The number of nitrogens with zero attached hydrogens (tertiary/aromatic N) is 2. The molecule has 6 nitrogen and oxygen atoms in total. The Labute approximate surface area is 153 Å². The maximum atomic E-state index is 12.5. The van der Waals surface area contributed by atoms with Gasteiger partial charge in [0.05, 0.1) is 11.4 Å². The second kappa shape index (κ2) is 7.39. The number of fused-ring (bicyclic) bond motifs is 1. The third-order valence-electron chi connectivity index (χ3n) is 4.34. The van der Waals surface area contributed by atoms with Gasteiger partial charge in [0.1, 0.15) is 0 Å². The van der Waals surface area contributed by atoms with E-state index in [1.165, 1.54) is 30.3 Å². The second-order valence-electron chi connectivity index (χ2n) is 6.41. The molecule has 1 aliphatic rings. The van der Waals surface area contributed by atoms with Crippen molar-refractivity contribution in [2.24, 2.45) is 5.10 Å². The maximum Gasteiger partial charge on any atom is 0.255 e. The quantitative estimate of drug-likeness (QED) is 0.815. The van der Waals surface area contributed by atoms with Crippen LogP contribution in [0, 0.1) is 6.92 Å². The van der Waals surface area contributed by atoms with E-state index in [4.69, 9.17) is 0 Å². The molecule has 26 heavy (non-hydrogen) atoms. The van der Waals surface area contributed by atoms with E-state index in [9.17, 15) is 13.2 Å². The van der Waals surface area contributed by atoms with E-state index in [0.717, 1.165) is 15.6 Å². The number of rotatable bonds is 5. The molecular formula is C19H21N3O3S. The third kappa shape index (κ3) is 4.00. The van der Waals surface area contributed by atoms with Crippen LogP contribution in [0.15, 0.2) is 58.5 Å². The smallest absolute Gasteiger partial charge is 0.255 e. The molecule has 3 rings (SSSR count). The summed E-state index contributed by atoms with van der Waals surface area (Å²) in [6.07, 6.45) is 1.40. The Morgan fingerprint density at radius 1 is 1.08 bits per heavy atom. The number of aryl methyl sites for hydroxylation is 1. The lowest BCUT2D eigenvalue weighted by molar-refractivity contribution is -0.121. The molecule has 136 valence electrons.